The van der Waals surface area contributed by atoms with Crippen molar-refractivity contribution < 1.29 is 14.7 Å². The summed E-state index contributed by atoms with van der Waals surface area (Å²) in [6.07, 6.45) is 2.94. The SMILES string of the molecule is O=C(Nc1nc(-c2ccc(Br)cc2)cs1)[C@H]1CCCC[C@H]1C(=O)O. The third kappa shape index (κ3) is 3.84. The zero-order valence-electron chi connectivity index (χ0n) is 12.9. The van der Waals surface area contributed by atoms with Crippen molar-refractivity contribution in [1.29, 1.82) is 0 Å². The maximum absolute atomic E-state index is 12.5. The predicted octanol–water partition coefficient (Wildman–Crippen LogP) is 4.40. The van der Waals surface area contributed by atoms with E-state index in [0.29, 0.717) is 18.0 Å². The summed E-state index contributed by atoms with van der Waals surface area (Å²) in [5, 5.41) is 14.5. The number of halogens is 1. The Morgan fingerprint density at radius 3 is 2.50 bits per heavy atom. The molecule has 3 rings (SSSR count). The van der Waals surface area contributed by atoms with Gasteiger partial charge in [-0.3, -0.25) is 9.59 Å². The smallest absolute Gasteiger partial charge is 0.307 e. The number of hydrogen-bond donors (Lipinski definition) is 2. The van der Waals surface area contributed by atoms with Crippen LogP contribution in [0.4, 0.5) is 5.13 Å². The largest absolute Gasteiger partial charge is 0.481 e. The van der Waals surface area contributed by atoms with Crippen LogP contribution >= 0.6 is 27.3 Å². The summed E-state index contributed by atoms with van der Waals surface area (Å²) in [5.41, 5.74) is 1.76. The molecular weight excluding hydrogens is 392 g/mol. The summed E-state index contributed by atoms with van der Waals surface area (Å²) < 4.78 is 0.993. The quantitative estimate of drug-likeness (QED) is 0.785. The van der Waals surface area contributed by atoms with Gasteiger partial charge in [-0.15, -0.1) is 11.3 Å². The minimum Gasteiger partial charge on any atom is -0.481 e. The molecule has 0 aliphatic heterocycles. The van der Waals surface area contributed by atoms with E-state index in [0.717, 1.165) is 28.6 Å². The van der Waals surface area contributed by atoms with Crippen molar-refractivity contribution in [2.45, 2.75) is 25.7 Å². The van der Waals surface area contributed by atoms with Gasteiger partial charge in [0.1, 0.15) is 0 Å². The lowest BCUT2D eigenvalue weighted by Crippen LogP contribution is -2.36. The molecule has 0 saturated heterocycles. The number of carboxylic acids is 1. The molecule has 1 saturated carbocycles. The van der Waals surface area contributed by atoms with Crippen LogP contribution in [0.25, 0.3) is 11.3 Å². The Morgan fingerprint density at radius 2 is 1.83 bits per heavy atom. The van der Waals surface area contributed by atoms with Crippen LogP contribution in [0.2, 0.25) is 0 Å². The molecule has 24 heavy (non-hydrogen) atoms. The van der Waals surface area contributed by atoms with E-state index in [4.69, 9.17) is 0 Å². The molecule has 0 unspecified atom stereocenters. The highest BCUT2D eigenvalue weighted by atomic mass is 79.9. The number of hydrogen-bond acceptors (Lipinski definition) is 4. The van der Waals surface area contributed by atoms with E-state index in [2.05, 4.69) is 26.2 Å². The zero-order valence-corrected chi connectivity index (χ0v) is 15.3. The number of nitrogens with zero attached hydrogens (tertiary/aromatic N) is 1. The Kier molecular flexibility index (Phi) is 5.30. The van der Waals surface area contributed by atoms with E-state index in [-0.39, 0.29) is 5.91 Å². The topological polar surface area (TPSA) is 79.3 Å². The molecule has 7 heteroatoms. The number of rotatable bonds is 4. The zero-order chi connectivity index (χ0) is 17.1. The van der Waals surface area contributed by atoms with Gasteiger partial charge in [0.05, 0.1) is 17.5 Å². The second kappa shape index (κ2) is 7.44. The van der Waals surface area contributed by atoms with Gasteiger partial charge >= 0.3 is 5.97 Å². The van der Waals surface area contributed by atoms with E-state index in [1.807, 2.05) is 29.6 Å². The minimum atomic E-state index is -0.885. The van der Waals surface area contributed by atoms with Crippen molar-refractivity contribution >= 4 is 44.3 Å². The van der Waals surface area contributed by atoms with Gasteiger partial charge in [0.25, 0.3) is 0 Å². The lowest BCUT2D eigenvalue weighted by Gasteiger charge is -2.26. The molecule has 2 atom stereocenters. The van der Waals surface area contributed by atoms with Gasteiger partial charge in [-0.05, 0) is 25.0 Å². The molecule has 0 spiro atoms. The number of thiazole rings is 1. The first-order valence-corrected chi connectivity index (χ1v) is 9.47. The van der Waals surface area contributed by atoms with Crippen molar-refractivity contribution in [2.24, 2.45) is 11.8 Å². The van der Waals surface area contributed by atoms with Crippen molar-refractivity contribution in [3.05, 3.63) is 34.1 Å². The predicted molar refractivity (Wildman–Crippen MR) is 97.0 cm³/mol. The van der Waals surface area contributed by atoms with Gasteiger partial charge < -0.3 is 10.4 Å². The fourth-order valence-electron chi connectivity index (χ4n) is 3.02. The minimum absolute atomic E-state index is 0.237. The number of aliphatic carboxylic acids is 1. The average Bonchev–Trinajstić information content (AvgIpc) is 3.04. The van der Waals surface area contributed by atoms with Gasteiger partial charge in [0, 0.05) is 15.4 Å². The van der Waals surface area contributed by atoms with Crippen LogP contribution in [0, 0.1) is 11.8 Å². The van der Waals surface area contributed by atoms with Crippen LogP contribution in [-0.4, -0.2) is 22.0 Å². The Bertz CT molecular complexity index is 745. The highest BCUT2D eigenvalue weighted by Crippen LogP contribution is 2.32. The van der Waals surface area contributed by atoms with Crippen molar-refractivity contribution in [1.82, 2.24) is 4.98 Å². The summed E-state index contributed by atoms with van der Waals surface area (Å²) in [6.45, 7) is 0. The Labute approximate surface area is 152 Å². The standard InChI is InChI=1S/C17H17BrN2O3S/c18-11-7-5-10(6-8-11)14-9-24-17(19-14)20-15(21)12-3-1-2-4-13(12)16(22)23/h5-9,12-13H,1-4H2,(H,22,23)(H,19,20,21)/t12-,13+/m0/s1. The molecule has 1 fully saturated rings. The lowest BCUT2D eigenvalue weighted by molar-refractivity contribution is -0.147. The van der Waals surface area contributed by atoms with Crippen LogP contribution in [0.15, 0.2) is 34.1 Å². The van der Waals surface area contributed by atoms with Gasteiger partial charge in [-0.25, -0.2) is 4.98 Å². The Morgan fingerprint density at radius 1 is 1.17 bits per heavy atom. The fourth-order valence-corrected chi connectivity index (χ4v) is 4.01. The van der Waals surface area contributed by atoms with E-state index >= 15 is 0 Å². The molecule has 0 radical (unpaired) electrons. The monoisotopic (exact) mass is 408 g/mol. The number of carboxylic acid groups (broad SMARTS) is 1. The third-order valence-corrected chi connectivity index (χ3v) is 5.58. The van der Waals surface area contributed by atoms with Crippen LogP contribution in [0.1, 0.15) is 25.7 Å². The van der Waals surface area contributed by atoms with Gasteiger partial charge in [0.2, 0.25) is 5.91 Å². The second-order valence-corrected chi connectivity index (χ2v) is 7.64. The number of benzene rings is 1. The fraction of sp³-hybridized carbons (Fsp3) is 0.353. The summed E-state index contributed by atoms with van der Waals surface area (Å²) in [4.78, 5) is 28.2. The van der Waals surface area contributed by atoms with Gasteiger partial charge in [-0.1, -0.05) is 40.9 Å². The maximum atomic E-state index is 12.5. The van der Waals surface area contributed by atoms with Crippen molar-refractivity contribution in [2.75, 3.05) is 5.32 Å². The lowest BCUT2D eigenvalue weighted by atomic mass is 9.79. The van der Waals surface area contributed by atoms with Crippen LogP contribution in [0.5, 0.6) is 0 Å². The van der Waals surface area contributed by atoms with Gasteiger partial charge in [-0.2, -0.15) is 0 Å². The van der Waals surface area contributed by atoms with Crippen molar-refractivity contribution in [3.8, 4) is 11.3 Å². The summed E-state index contributed by atoms with van der Waals surface area (Å²) in [5.74, 6) is -2.19. The molecule has 126 valence electrons. The highest BCUT2D eigenvalue weighted by molar-refractivity contribution is 9.10. The molecule has 1 aromatic heterocycles. The van der Waals surface area contributed by atoms with Gasteiger partial charge in [0.15, 0.2) is 5.13 Å². The molecule has 5 nitrogen and oxygen atoms in total. The normalized spacial score (nSPS) is 20.5. The number of anilines is 1. The molecular formula is C17H17BrN2O3S. The Hall–Kier alpha value is -1.73. The highest BCUT2D eigenvalue weighted by Gasteiger charge is 2.35. The molecule has 1 aliphatic rings. The molecule has 1 amide bonds. The Balaban J connectivity index is 1.70. The average molecular weight is 409 g/mol. The van der Waals surface area contributed by atoms with Crippen LogP contribution in [-0.2, 0) is 9.59 Å². The summed E-state index contributed by atoms with van der Waals surface area (Å²) in [7, 11) is 0. The van der Waals surface area contributed by atoms with Crippen LogP contribution in [0.3, 0.4) is 0 Å². The maximum Gasteiger partial charge on any atom is 0.307 e. The molecule has 1 aromatic carbocycles. The van der Waals surface area contributed by atoms with E-state index in [9.17, 15) is 14.7 Å². The summed E-state index contributed by atoms with van der Waals surface area (Å²) in [6, 6.07) is 7.78. The molecule has 2 N–H and O–H groups in total. The van der Waals surface area contributed by atoms with Crippen LogP contribution < -0.4 is 5.32 Å². The number of carbonyl (C=O) groups excluding carboxylic acids is 1. The first-order valence-electron chi connectivity index (χ1n) is 7.80. The number of amides is 1. The van der Waals surface area contributed by atoms with Crippen molar-refractivity contribution in [3.63, 3.8) is 0 Å². The molecule has 1 aliphatic carbocycles. The first kappa shape index (κ1) is 17.1. The third-order valence-electron chi connectivity index (χ3n) is 4.29. The van der Waals surface area contributed by atoms with E-state index < -0.39 is 17.8 Å². The first-order chi connectivity index (χ1) is 11.5. The second-order valence-electron chi connectivity index (χ2n) is 5.87. The molecule has 1 heterocycles. The van der Waals surface area contributed by atoms with E-state index in [1.165, 1.54) is 11.3 Å². The molecule has 2 aromatic rings. The summed E-state index contributed by atoms with van der Waals surface area (Å²) >= 11 is 4.74. The number of carbonyl (C=O) groups is 2. The van der Waals surface area contributed by atoms with E-state index in [1.54, 1.807) is 0 Å². The molecule has 0 bridgehead atoms. The number of nitrogens with one attached hydrogen (secondary N) is 1. The number of aromatic nitrogens is 1.